The van der Waals surface area contributed by atoms with E-state index < -0.39 is 6.04 Å². The third-order valence-corrected chi connectivity index (χ3v) is 8.88. The molecule has 0 saturated heterocycles. The molecular weight excluding hydrogens is 406 g/mol. The molecule has 4 fully saturated rings. The first-order valence-corrected chi connectivity index (χ1v) is 13.2. The van der Waals surface area contributed by atoms with E-state index in [1.54, 1.807) is 0 Å². The second-order valence-electron chi connectivity index (χ2n) is 11.3. The first kappa shape index (κ1) is 24.0. The van der Waals surface area contributed by atoms with E-state index in [4.69, 9.17) is 9.47 Å². The first-order chi connectivity index (χ1) is 15.5. The van der Waals surface area contributed by atoms with Crippen molar-refractivity contribution in [3.8, 4) is 0 Å². The van der Waals surface area contributed by atoms with Gasteiger partial charge in [-0.05, 0) is 93.8 Å². The van der Waals surface area contributed by atoms with Crippen LogP contribution in [0.4, 0.5) is 0 Å². The van der Waals surface area contributed by atoms with Gasteiger partial charge in [-0.1, -0.05) is 19.8 Å². The van der Waals surface area contributed by atoms with E-state index in [-0.39, 0.29) is 42.6 Å². The molecule has 0 spiro atoms. The minimum absolute atomic E-state index is 0.00441. The minimum atomic E-state index is -0.641. The highest BCUT2D eigenvalue weighted by Gasteiger charge is 2.52. The lowest BCUT2D eigenvalue weighted by molar-refractivity contribution is -0.160. The molecule has 0 aromatic carbocycles. The SMILES string of the molecule is CC1(CNC(CC(=O)OC2CCCCC2)C(=O)OC2CCCCC2)CC2CC1CC2CO. The van der Waals surface area contributed by atoms with Crippen molar-refractivity contribution in [2.45, 2.75) is 115 Å². The van der Waals surface area contributed by atoms with Gasteiger partial charge in [-0.3, -0.25) is 9.59 Å². The maximum atomic E-state index is 13.1. The number of carbonyl (C=O) groups is 2. The smallest absolute Gasteiger partial charge is 0.324 e. The number of hydrogen-bond acceptors (Lipinski definition) is 6. The third-order valence-electron chi connectivity index (χ3n) is 8.88. The average molecular weight is 450 g/mol. The number of fused-ring (bicyclic) bond motifs is 2. The Morgan fingerprint density at radius 3 is 2.16 bits per heavy atom. The van der Waals surface area contributed by atoms with Crippen molar-refractivity contribution >= 4 is 11.9 Å². The molecule has 4 aliphatic rings. The molecule has 0 heterocycles. The molecular formula is C26H43NO5. The van der Waals surface area contributed by atoms with Gasteiger partial charge in [-0.25, -0.2) is 0 Å². The van der Waals surface area contributed by atoms with Crippen LogP contribution in [0, 0.1) is 23.2 Å². The van der Waals surface area contributed by atoms with E-state index in [2.05, 4.69) is 12.2 Å². The number of hydrogen-bond donors (Lipinski definition) is 2. The van der Waals surface area contributed by atoms with Gasteiger partial charge >= 0.3 is 11.9 Å². The summed E-state index contributed by atoms with van der Waals surface area (Å²) in [7, 11) is 0. The molecule has 2 bridgehead atoms. The summed E-state index contributed by atoms with van der Waals surface area (Å²) in [6.07, 6.45) is 13.9. The molecule has 6 nitrogen and oxygen atoms in total. The van der Waals surface area contributed by atoms with Gasteiger partial charge in [-0.15, -0.1) is 0 Å². The average Bonchev–Trinajstić information content (AvgIpc) is 3.35. The van der Waals surface area contributed by atoms with Gasteiger partial charge in [0.25, 0.3) is 0 Å². The molecule has 0 aromatic heterocycles. The Balaban J connectivity index is 1.34. The fourth-order valence-electron chi connectivity index (χ4n) is 6.85. The fraction of sp³-hybridized carbons (Fsp3) is 0.923. The van der Waals surface area contributed by atoms with Gasteiger partial charge in [0.1, 0.15) is 18.2 Å². The maximum Gasteiger partial charge on any atom is 0.324 e. The highest BCUT2D eigenvalue weighted by atomic mass is 16.6. The van der Waals surface area contributed by atoms with E-state index in [0.29, 0.717) is 24.3 Å². The Kier molecular flexibility index (Phi) is 8.14. The summed E-state index contributed by atoms with van der Waals surface area (Å²) in [5.74, 6) is 1.01. The van der Waals surface area contributed by atoms with Gasteiger partial charge in [0, 0.05) is 13.2 Å². The van der Waals surface area contributed by atoms with Crippen molar-refractivity contribution in [2.24, 2.45) is 23.2 Å². The predicted molar refractivity (Wildman–Crippen MR) is 122 cm³/mol. The summed E-state index contributed by atoms with van der Waals surface area (Å²) < 4.78 is 11.6. The molecule has 4 aliphatic carbocycles. The van der Waals surface area contributed by atoms with Crippen molar-refractivity contribution in [1.29, 1.82) is 0 Å². The lowest BCUT2D eigenvalue weighted by Crippen LogP contribution is -2.47. The number of aliphatic hydroxyl groups is 1. The van der Waals surface area contributed by atoms with Crippen LogP contribution in [0.2, 0.25) is 0 Å². The summed E-state index contributed by atoms with van der Waals surface area (Å²) >= 11 is 0. The zero-order valence-electron chi connectivity index (χ0n) is 19.9. The van der Waals surface area contributed by atoms with E-state index in [1.807, 2.05) is 0 Å². The highest BCUT2D eigenvalue weighted by molar-refractivity contribution is 5.83. The van der Waals surface area contributed by atoms with Gasteiger partial charge in [0.15, 0.2) is 0 Å². The quantitative estimate of drug-likeness (QED) is 0.515. The maximum absolute atomic E-state index is 13.1. The topological polar surface area (TPSA) is 84.9 Å². The molecule has 4 rings (SSSR count). The monoisotopic (exact) mass is 449 g/mol. The Morgan fingerprint density at radius 1 is 0.969 bits per heavy atom. The number of carbonyl (C=O) groups excluding carboxylic acids is 2. The van der Waals surface area contributed by atoms with Crippen LogP contribution in [0.25, 0.3) is 0 Å². The molecule has 32 heavy (non-hydrogen) atoms. The van der Waals surface area contributed by atoms with E-state index in [0.717, 1.165) is 64.2 Å². The van der Waals surface area contributed by atoms with Crippen LogP contribution in [0.5, 0.6) is 0 Å². The highest BCUT2D eigenvalue weighted by Crippen LogP contribution is 2.57. The van der Waals surface area contributed by atoms with Gasteiger partial charge in [0.2, 0.25) is 0 Å². The van der Waals surface area contributed by atoms with E-state index in [9.17, 15) is 14.7 Å². The van der Waals surface area contributed by atoms with Crippen molar-refractivity contribution in [3.63, 3.8) is 0 Å². The minimum Gasteiger partial charge on any atom is -0.462 e. The summed E-state index contributed by atoms with van der Waals surface area (Å²) in [4.78, 5) is 25.8. The molecule has 2 N–H and O–H groups in total. The lowest BCUT2D eigenvalue weighted by Gasteiger charge is -2.38. The summed E-state index contributed by atoms with van der Waals surface area (Å²) in [6.45, 7) is 3.28. The van der Waals surface area contributed by atoms with Crippen LogP contribution in [0.15, 0.2) is 0 Å². The molecule has 5 unspecified atom stereocenters. The van der Waals surface area contributed by atoms with Gasteiger partial charge < -0.3 is 19.9 Å². The molecule has 4 saturated carbocycles. The zero-order chi connectivity index (χ0) is 22.6. The van der Waals surface area contributed by atoms with Crippen LogP contribution in [0.1, 0.15) is 96.8 Å². The number of ether oxygens (including phenoxy) is 2. The Labute approximate surface area is 193 Å². The number of aliphatic hydroxyl groups excluding tert-OH is 1. The molecule has 6 heteroatoms. The van der Waals surface area contributed by atoms with Crippen molar-refractivity contribution in [2.75, 3.05) is 13.2 Å². The molecule has 0 radical (unpaired) electrons. The van der Waals surface area contributed by atoms with Crippen LogP contribution >= 0.6 is 0 Å². The second kappa shape index (κ2) is 10.9. The Morgan fingerprint density at radius 2 is 1.59 bits per heavy atom. The van der Waals surface area contributed by atoms with Gasteiger partial charge in [-0.2, -0.15) is 0 Å². The number of nitrogens with one attached hydrogen (secondary N) is 1. The van der Waals surface area contributed by atoms with E-state index >= 15 is 0 Å². The van der Waals surface area contributed by atoms with Crippen LogP contribution in [-0.4, -0.2) is 48.4 Å². The fourth-order valence-corrected chi connectivity index (χ4v) is 6.85. The Bertz CT molecular complexity index is 642. The molecule has 0 amide bonds. The van der Waals surface area contributed by atoms with Crippen molar-refractivity contribution in [1.82, 2.24) is 5.32 Å². The summed E-state index contributed by atoms with van der Waals surface area (Å²) in [5.41, 5.74) is 0.104. The lowest BCUT2D eigenvalue weighted by atomic mass is 9.71. The van der Waals surface area contributed by atoms with E-state index in [1.165, 1.54) is 19.3 Å². The van der Waals surface area contributed by atoms with Gasteiger partial charge in [0.05, 0.1) is 6.42 Å². The molecule has 0 aliphatic heterocycles. The Hall–Kier alpha value is -1.14. The zero-order valence-corrected chi connectivity index (χ0v) is 19.9. The number of esters is 2. The second-order valence-corrected chi connectivity index (χ2v) is 11.3. The van der Waals surface area contributed by atoms with Crippen molar-refractivity contribution < 1.29 is 24.2 Å². The summed E-state index contributed by atoms with van der Waals surface area (Å²) in [6, 6.07) is -0.641. The third kappa shape index (κ3) is 5.85. The molecule has 0 aromatic rings. The normalized spacial score (nSPS) is 34.4. The standard InChI is InChI=1S/C26H43NO5/c1-26(15-18-12-20(26)13-19(18)16-28)17-27-23(25(30)32-22-10-6-3-7-11-22)14-24(29)31-21-8-4-2-5-9-21/h18-23,27-28H,2-17H2,1H3. The first-order valence-electron chi connectivity index (χ1n) is 13.2. The largest absolute Gasteiger partial charge is 0.462 e. The molecule has 182 valence electrons. The van der Waals surface area contributed by atoms with Crippen LogP contribution < -0.4 is 5.32 Å². The predicted octanol–water partition coefficient (Wildman–Crippen LogP) is 4.13. The van der Waals surface area contributed by atoms with Crippen LogP contribution in [0.3, 0.4) is 0 Å². The molecule has 5 atom stereocenters. The van der Waals surface area contributed by atoms with Crippen molar-refractivity contribution in [3.05, 3.63) is 0 Å². The van der Waals surface area contributed by atoms with Crippen LogP contribution in [-0.2, 0) is 19.1 Å². The summed E-state index contributed by atoms with van der Waals surface area (Å²) in [5, 5.41) is 13.1. The number of rotatable bonds is 9.